The molecule has 0 saturated carbocycles. The summed E-state index contributed by atoms with van der Waals surface area (Å²) in [5, 5.41) is 0. The smallest absolute Gasteiger partial charge is 2.00 e. The van der Waals surface area contributed by atoms with E-state index in [1.54, 1.807) is 0 Å². The standard InChI is InChI=1S/Mg.Pd.Ru.Zn/q4*+2. The third-order valence-electron chi connectivity index (χ3n) is 0. The van der Waals surface area contributed by atoms with Crippen LogP contribution in [-0.2, 0) is 59.4 Å². The first-order valence-corrected chi connectivity index (χ1v) is 0. The van der Waals surface area contributed by atoms with E-state index >= 15 is 0 Å². The van der Waals surface area contributed by atoms with Crippen molar-refractivity contribution in [2.45, 2.75) is 0 Å². The van der Waals surface area contributed by atoms with Crippen molar-refractivity contribution in [3.05, 3.63) is 0 Å². The van der Waals surface area contributed by atoms with Crippen LogP contribution in [0.5, 0.6) is 0 Å². The van der Waals surface area contributed by atoms with Gasteiger partial charge in [-0.1, -0.05) is 0 Å². The molecule has 0 rings (SSSR count). The van der Waals surface area contributed by atoms with E-state index in [1.165, 1.54) is 0 Å². The van der Waals surface area contributed by atoms with Gasteiger partial charge in [0.2, 0.25) is 0 Å². The fourth-order valence-electron chi connectivity index (χ4n) is 0. The monoisotopic (exact) mass is 296 g/mol. The zero-order valence-electron chi connectivity index (χ0n) is 2.08. The van der Waals surface area contributed by atoms with Crippen LogP contribution < -0.4 is 0 Å². The van der Waals surface area contributed by atoms with Crippen LogP contribution in [0, 0.1) is 0 Å². The van der Waals surface area contributed by atoms with Gasteiger partial charge in [0.15, 0.2) is 0 Å². The van der Waals surface area contributed by atoms with Crippen LogP contribution in [0.1, 0.15) is 0 Å². The van der Waals surface area contributed by atoms with Crippen molar-refractivity contribution in [2.24, 2.45) is 0 Å². The largest absolute Gasteiger partial charge is 2.00 e. The Morgan fingerprint density at radius 2 is 1.00 bits per heavy atom. The van der Waals surface area contributed by atoms with Crippen LogP contribution >= 0.6 is 0 Å². The summed E-state index contributed by atoms with van der Waals surface area (Å²) < 4.78 is 0. The minimum absolute atomic E-state index is 0. The fraction of sp³-hybridized carbons (Fsp3) is 0. The SMILES string of the molecule is [Mg+2].[Pd+2].[Ru+2].[Zn+2]. The normalized spacial score (nSPS) is 0. The number of hydrogen-bond acceptors (Lipinski definition) is 0. The van der Waals surface area contributed by atoms with Gasteiger partial charge in [-0.3, -0.25) is 0 Å². The van der Waals surface area contributed by atoms with E-state index in [0.29, 0.717) is 0 Å². The molecule has 4 heteroatoms. The average Bonchev–Trinajstić information content (AvgIpc) is 0. The van der Waals surface area contributed by atoms with E-state index in [2.05, 4.69) is 0 Å². The Balaban J connectivity index is 0. The Kier molecular flexibility index (Phi) is 130. The van der Waals surface area contributed by atoms with Crippen molar-refractivity contribution in [1.82, 2.24) is 0 Å². The first-order valence-electron chi connectivity index (χ1n) is 0. The summed E-state index contributed by atoms with van der Waals surface area (Å²) in [6, 6.07) is 0. The maximum absolute atomic E-state index is 0. The molecule has 0 amide bonds. The molecule has 4 heavy (non-hydrogen) atoms. The second-order valence-corrected chi connectivity index (χ2v) is 0. The van der Waals surface area contributed by atoms with Gasteiger partial charge < -0.3 is 0 Å². The van der Waals surface area contributed by atoms with E-state index in [1.807, 2.05) is 0 Å². The van der Waals surface area contributed by atoms with E-state index in [-0.39, 0.29) is 82.4 Å². The minimum atomic E-state index is 0. The Labute approximate surface area is 81.2 Å². The van der Waals surface area contributed by atoms with Crippen LogP contribution in [0.4, 0.5) is 0 Å². The maximum Gasteiger partial charge on any atom is 2.00 e. The van der Waals surface area contributed by atoms with Crippen molar-refractivity contribution in [2.75, 3.05) is 0 Å². The van der Waals surface area contributed by atoms with Crippen LogP contribution in [0.3, 0.4) is 0 Å². The quantitative estimate of drug-likeness (QED) is 0.534. The molecule has 0 aliphatic rings. The van der Waals surface area contributed by atoms with Gasteiger partial charge in [0.1, 0.15) is 0 Å². The molecule has 0 aromatic rings. The summed E-state index contributed by atoms with van der Waals surface area (Å²) >= 11 is 0. The predicted molar refractivity (Wildman–Crippen MR) is 5.75 cm³/mol. The van der Waals surface area contributed by atoms with Crippen LogP contribution in [0.15, 0.2) is 0 Å². The molecule has 0 aromatic heterocycles. The van der Waals surface area contributed by atoms with Crippen LogP contribution in [0.2, 0.25) is 0 Å². The maximum atomic E-state index is 0. The molecule has 0 nitrogen and oxygen atoms in total. The van der Waals surface area contributed by atoms with E-state index in [0.717, 1.165) is 0 Å². The first-order chi connectivity index (χ1) is 0. The Morgan fingerprint density at radius 1 is 1.00 bits per heavy atom. The minimum Gasteiger partial charge on any atom is 2.00 e. The molecule has 0 fully saturated rings. The molecular formula is MgPdRuZn+8. The Bertz CT molecular complexity index is 8.00. The Hall–Kier alpha value is 2.68. The third-order valence-corrected chi connectivity index (χ3v) is 0. The molecule has 0 N–H and O–H groups in total. The zero-order chi connectivity index (χ0) is 0. The van der Waals surface area contributed by atoms with Crippen LogP contribution in [0.25, 0.3) is 0 Å². The van der Waals surface area contributed by atoms with Gasteiger partial charge in [-0.15, -0.1) is 0 Å². The molecule has 0 atom stereocenters. The number of rotatable bonds is 0. The summed E-state index contributed by atoms with van der Waals surface area (Å²) in [6.07, 6.45) is 0. The topological polar surface area (TPSA) is 0 Å². The molecule has 0 aliphatic heterocycles. The summed E-state index contributed by atoms with van der Waals surface area (Å²) in [5.74, 6) is 0. The van der Waals surface area contributed by atoms with Crippen LogP contribution in [-0.4, -0.2) is 23.1 Å². The van der Waals surface area contributed by atoms with Gasteiger partial charge in [0, 0.05) is 0 Å². The fourth-order valence-corrected chi connectivity index (χ4v) is 0. The molecule has 0 bridgehead atoms. The first kappa shape index (κ1) is 30.0. The second-order valence-electron chi connectivity index (χ2n) is 0. The molecule has 0 spiro atoms. The van der Waals surface area contributed by atoms with Crippen molar-refractivity contribution >= 4 is 23.1 Å². The zero-order valence-corrected chi connectivity index (χ0v) is 9.76. The van der Waals surface area contributed by atoms with E-state index < -0.39 is 0 Å². The van der Waals surface area contributed by atoms with E-state index in [4.69, 9.17) is 0 Å². The molecule has 0 unspecified atom stereocenters. The van der Waals surface area contributed by atoms with Crippen molar-refractivity contribution in [3.8, 4) is 0 Å². The average molecular weight is 297 g/mol. The van der Waals surface area contributed by atoms with E-state index in [9.17, 15) is 0 Å². The van der Waals surface area contributed by atoms with Gasteiger partial charge >= 0.3 is 82.4 Å². The van der Waals surface area contributed by atoms with Crippen molar-refractivity contribution in [3.63, 3.8) is 0 Å². The molecule has 0 radical (unpaired) electrons. The summed E-state index contributed by atoms with van der Waals surface area (Å²) in [5.41, 5.74) is 0. The molecule has 0 heterocycles. The van der Waals surface area contributed by atoms with Crippen molar-refractivity contribution < 1.29 is 59.4 Å². The number of hydrogen-bond donors (Lipinski definition) is 0. The van der Waals surface area contributed by atoms with Gasteiger partial charge in [0.25, 0.3) is 0 Å². The molecule has 14 valence electrons. The molecule has 0 aromatic carbocycles. The van der Waals surface area contributed by atoms with Gasteiger partial charge in [0.05, 0.1) is 0 Å². The molecule has 0 saturated heterocycles. The predicted octanol–water partition coefficient (Wildman–Crippen LogP) is -0.388. The summed E-state index contributed by atoms with van der Waals surface area (Å²) in [4.78, 5) is 0. The third kappa shape index (κ3) is 8.82. The van der Waals surface area contributed by atoms with Crippen molar-refractivity contribution in [1.29, 1.82) is 0 Å². The van der Waals surface area contributed by atoms with Gasteiger partial charge in [-0.2, -0.15) is 0 Å². The molecular weight excluding hydrogens is 297 g/mol. The summed E-state index contributed by atoms with van der Waals surface area (Å²) in [6.45, 7) is 0. The van der Waals surface area contributed by atoms with Gasteiger partial charge in [-0.25, -0.2) is 0 Å². The van der Waals surface area contributed by atoms with Gasteiger partial charge in [-0.05, 0) is 0 Å². The molecule has 0 aliphatic carbocycles. The second kappa shape index (κ2) is 17.3. The Morgan fingerprint density at radius 3 is 1.00 bits per heavy atom. The summed E-state index contributed by atoms with van der Waals surface area (Å²) in [7, 11) is 0.